The van der Waals surface area contributed by atoms with Crippen molar-refractivity contribution in [1.82, 2.24) is 20.4 Å². The molecule has 26 heavy (non-hydrogen) atoms. The van der Waals surface area contributed by atoms with Crippen LogP contribution in [0.4, 0.5) is 0 Å². The van der Waals surface area contributed by atoms with Crippen molar-refractivity contribution in [2.24, 2.45) is 5.92 Å². The Morgan fingerprint density at radius 3 is 2.77 bits per heavy atom. The summed E-state index contributed by atoms with van der Waals surface area (Å²) in [6, 6.07) is 10.9. The van der Waals surface area contributed by atoms with Gasteiger partial charge in [-0.05, 0) is 43.7 Å². The Morgan fingerprint density at radius 2 is 2.08 bits per heavy atom. The number of aromatic nitrogens is 2. The van der Waals surface area contributed by atoms with Gasteiger partial charge in [0.1, 0.15) is 0 Å². The van der Waals surface area contributed by atoms with Gasteiger partial charge in [-0.3, -0.25) is 9.48 Å². The molecule has 2 N–H and O–H groups in total. The van der Waals surface area contributed by atoms with Gasteiger partial charge in [-0.1, -0.05) is 44.2 Å². The van der Waals surface area contributed by atoms with E-state index >= 15 is 0 Å². The second kappa shape index (κ2) is 8.49. The summed E-state index contributed by atoms with van der Waals surface area (Å²) in [5, 5.41) is 11.1. The predicted molar refractivity (Wildman–Crippen MR) is 104 cm³/mol. The van der Waals surface area contributed by atoms with E-state index in [0.717, 1.165) is 44.3 Å². The van der Waals surface area contributed by atoms with Gasteiger partial charge in [-0.15, -0.1) is 0 Å². The number of amides is 1. The van der Waals surface area contributed by atoms with Crippen LogP contribution in [0, 0.1) is 5.92 Å². The number of carbonyl (C=O) groups is 1. The summed E-state index contributed by atoms with van der Waals surface area (Å²) in [6.45, 7) is 6.27. The number of rotatable bonds is 7. The summed E-state index contributed by atoms with van der Waals surface area (Å²) in [7, 11) is 1.68. The molecule has 1 atom stereocenters. The van der Waals surface area contributed by atoms with Crippen LogP contribution in [0.3, 0.4) is 0 Å². The fourth-order valence-corrected chi connectivity index (χ4v) is 3.63. The SMILES string of the molecule is CNC(=O)c1nn(CCc2ccccc2)c2c1C[C@@H](NCC(C)C)CC2. The van der Waals surface area contributed by atoms with Crippen LogP contribution in [0.5, 0.6) is 0 Å². The van der Waals surface area contributed by atoms with E-state index < -0.39 is 0 Å². The molecule has 1 aromatic carbocycles. The molecular weight excluding hydrogens is 324 g/mol. The van der Waals surface area contributed by atoms with Gasteiger partial charge in [0.05, 0.1) is 0 Å². The third kappa shape index (κ3) is 4.33. The highest BCUT2D eigenvalue weighted by molar-refractivity contribution is 5.93. The molecule has 1 amide bonds. The third-order valence-corrected chi connectivity index (χ3v) is 5.06. The molecule has 1 heterocycles. The maximum Gasteiger partial charge on any atom is 0.271 e. The summed E-state index contributed by atoms with van der Waals surface area (Å²) >= 11 is 0. The third-order valence-electron chi connectivity index (χ3n) is 5.06. The number of aryl methyl sites for hydroxylation is 2. The molecule has 0 saturated carbocycles. The van der Waals surface area contributed by atoms with Crippen molar-refractivity contribution in [2.75, 3.05) is 13.6 Å². The summed E-state index contributed by atoms with van der Waals surface area (Å²) < 4.78 is 2.06. The molecule has 2 aromatic rings. The fourth-order valence-electron chi connectivity index (χ4n) is 3.63. The topological polar surface area (TPSA) is 59.0 Å². The minimum absolute atomic E-state index is 0.0794. The lowest BCUT2D eigenvalue weighted by atomic mass is 9.91. The zero-order valence-corrected chi connectivity index (χ0v) is 16.1. The molecule has 0 fully saturated rings. The van der Waals surface area contributed by atoms with Gasteiger partial charge in [0, 0.05) is 30.9 Å². The van der Waals surface area contributed by atoms with Gasteiger partial charge < -0.3 is 10.6 Å². The Balaban J connectivity index is 1.78. The minimum atomic E-state index is -0.0794. The summed E-state index contributed by atoms with van der Waals surface area (Å²) in [6.07, 6.45) is 3.89. The molecule has 5 heteroatoms. The second-order valence-corrected chi connectivity index (χ2v) is 7.55. The zero-order chi connectivity index (χ0) is 18.5. The Morgan fingerprint density at radius 1 is 1.31 bits per heavy atom. The lowest BCUT2D eigenvalue weighted by Gasteiger charge is -2.25. The van der Waals surface area contributed by atoms with E-state index in [9.17, 15) is 4.79 Å². The molecule has 0 radical (unpaired) electrons. The monoisotopic (exact) mass is 354 g/mol. The normalized spacial score (nSPS) is 16.5. The smallest absolute Gasteiger partial charge is 0.271 e. The highest BCUT2D eigenvalue weighted by Gasteiger charge is 2.28. The van der Waals surface area contributed by atoms with E-state index in [1.807, 2.05) is 6.07 Å². The van der Waals surface area contributed by atoms with E-state index in [1.165, 1.54) is 11.3 Å². The van der Waals surface area contributed by atoms with E-state index in [0.29, 0.717) is 17.7 Å². The van der Waals surface area contributed by atoms with Crippen molar-refractivity contribution >= 4 is 5.91 Å². The van der Waals surface area contributed by atoms with Gasteiger partial charge in [0.25, 0.3) is 5.91 Å². The molecule has 3 rings (SSSR count). The van der Waals surface area contributed by atoms with Gasteiger partial charge in [0.15, 0.2) is 5.69 Å². The fraction of sp³-hybridized carbons (Fsp3) is 0.524. The van der Waals surface area contributed by atoms with Gasteiger partial charge in [0.2, 0.25) is 0 Å². The molecule has 140 valence electrons. The number of hydrogen-bond donors (Lipinski definition) is 2. The van der Waals surface area contributed by atoms with E-state index in [4.69, 9.17) is 0 Å². The maximum atomic E-state index is 12.3. The van der Waals surface area contributed by atoms with Crippen molar-refractivity contribution in [2.45, 2.75) is 52.1 Å². The number of fused-ring (bicyclic) bond motifs is 1. The minimum Gasteiger partial charge on any atom is -0.354 e. The van der Waals surface area contributed by atoms with Crippen LogP contribution < -0.4 is 10.6 Å². The zero-order valence-electron chi connectivity index (χ0n) is 16.1. The lowest BCUT2D eigenvalue weighted by molar-refractivity contribution is 0.0956. The molecular formula is C21H30N4O. The average molecular weight is 354 g/mol. The Labute approximate surface area is 156 Å². The molecule has 0 spiro atoms. The summed E-state index contributed by atoms with van der Waals surface area (Å²) in [4.78, 5) is 12.3. The van der Waals surface area contributed by atoms with Gasteiger partial charge in [-0.2, -0.15) is 5.10 Å². The van der Waals surface area contributed by atoms with Crippen molar-refractivity contribution < 1.29 is 4.79 Å². The first kappa shape index (κ1) is 18.6. The number of nitrogens with zero attached hydrogens (tertiary/aromatic N) is 2. The van der Waals surface area contributed by atoms with Gasteiger partial charge in [-0.25, -0.2) is 0 Å². The quantitative estimate of drug-likeness (QED) is 0.803. The van der Waals surface area contributed by atoms with Crippen molar-refractivity contribution in [3.8, 4) is 0 Å². The molecule has 0 aliphatic heterocycles. The average Bonchev–Trinajstić information content (AvgIpc) is 3.03. The Hall–Kier alpha value is -2.14. The number of benzene rings is 1. The van der Waals surface area contributed by atoms with E-state index in [2.05, 4.69) is 58.5 Å². The molecule has 1 aliphatic carbocycles. The number of carbonyl (C=O) groups excluding carboxylic acids is 1. The molecule has 1 aromatic heterocycles. The van der Waals surface area contributed by atoms with Crippen LogP contribution in [0.25, 0.3) is 0 Å². The van der Waals surface area contributed by atoms with E-state index in [-0.39, 0.29) is 5.91 Å². The molecule has 0 unspecified atom stereocenters. The standard InChI is InChI=1S/C21H30N4O/c1-15(2)14-23-17-9-10-19-18(13-17)20(21(26)22-3)24-25(19)12-11-16-7-5-4-6-8-16/h4-8,15,17,23H,9-14H2,1-3H3,(H,22,26)/t17-/m0/s1. The largest absolute Gasteiger partial charge is 0.354 e. The van der Waals surface area contributed by atoms with Crippen LogP contribution in [0.15, 0.2) is 30.3 Å². The van der Waals surface area contributed by atoms with Crippen LogP contribution >= 0.6 is 0 Å². The highest BCUT2D eigenvalue weighted by atomic mass is 16.1. The first-order chi connectivity index (χ1) is 12.6. The van der Waals surface area contributed by atoms with Crippen LogP contribution in [-0.2, 0) is 25.8 Å². The predicted octanol–water partition coefficient (Wildman–Crippen LogP) is 2.59. The van der Waals surface area contributed by atoms with Crippen molar-refractivity contribution in [3.05, 3.63) is 52.8 Å². The first-order valence-electron chi connectivity index (χ1n) is 9.66. The van der Waals surface area contributed by atoms with Crippen molar-refractivity contribution in [1.29, 1.82) is 0 Å². The number of hydrogen-bond acceptors (Lipinski definition) is 3. The van der Waals surface area contributed by atoms with Gasteiger partial charge >= 0.3 is 0 Å². The molecule has 0 saturated heterocycles. The lowest BCUT2D eigenvalue weighted by Crippen LogP contribution is -2.37. The van der Waals surface area contributed by atoms with E-state index in [1.54, 1.807) is 7.05 Å². The van der Waals surface area contributed by atoms with Crippen LogP contribution in [0.1, 0.15) is 47.6 Å². The van der Waals surface area contributed by atoms with Crippen LogP contribution in [-0.4, -0.2) is 35.3 Å². The Kier molecular flexibility index (Phi) is 6.09. The summed E-state index contributed by atoms with van der Waals surface area (Å²) in [5.74, 6) is 0.549. The first-order valence-corrected chi connectivity index (χ1v) is 9.66. The number of nitrogens with one attached hydrogen (secondary N) is 2. The van der Waals surface area contributed by atoms with Crippen molar-refractivity contribution in [3.63, 3.8) is 0 Å². The Bertz CT molecular complexity index is 736. The second-order valence-electron chi connectivity index (χ2n) is 7.55. The summed E-state index contributed by atoms with van der Waals surface area (Å²) in [5.41, 5.74) is 4.27. The highest BCUT2D eigenvalue weighted by Crippen LogP contribution is 2.25. The maximum absolute atomic E-state index is 12.3. The van der Waals surface area contributed by atoms with Crippen LogP contribution in [0.2, 0.25) is 0 Å². The molecule has 0 bridgehead atoms. The molecule has 1 aliphatic rings. The molecule has 5 nitrogen and oxygen atoms in total.